The Labute approximate surface area is 146 Å². The van der Waals surface area contributed by atoms with Crippen LogP contribution in [0.2, 0.25) is 5.02 Å². The van der Waals surface area contributed by atoms with Crippen LogP contribution >= 0.6 is 43.5 Å². The van der Waals surface area contributed by atoms with Crippen molar-refractivity contribution in [1.82, 2.24) is 5.32 Å². The molecule has 0 amide bonds. The van der Waals surface area contributed by atoms with Crippen molar-refractivity contribution < 1.29 is 4.74 Å². The van der Waals surface area contributed by atoms with Crippen molar-refractivity contribution in [3.63, 3.8) is 0 Å². The van der Waals surface area contributed by atoms with E-state index in [-0.39, 0.29) is 0 Å². The Bertz CT molecular complexity index is 659. The molecule has 5 heteroatoms. The lowest BCUT2D eigenvalue weighted by Gasteiger charge is -2.11. The second-order valence-corrected chi connectivity index (χ2v) is 7.24. The van der Waals surface area contributed by atoms with E-state index >= 15 is 0 Å². The van der Waals surface area contributed by atoms with Crippen LogP contribution in [0.25, 0.3) is 0 Å². The molecule has 1 aliphatic rings. The quantitative estimate of drug-likeness (QED) is 0.636. The van der Waals surface area contributed by atoms with E-state index in [0.717, 1.165) is 27.0 Å². The smallest absolute Gasteiger partial charge is 0.141 e. The minimum absolute atomic E-state index is 0.676. The first-order valence-corrected chi connectivity index (χ1v) is 8.73. The third kappa shape index (κ3) is 4.22. The zero-order chi connectivity index (χ0) is 14.8. The zero-order valence-corrected chi connectivity index (χ0v) is 15.1. The Kier molecular flexibility index (Phi) is 4.89. The van der Waals surface area contributed by atoms with E-state index in [1.807, 2.05) is 24.3 Å². The van der Waals surface area contributed by atoms with E-state index < -0.39 is 0 Å². The van der Waals surface area contributed by atoms with Crippen molar-refractivity contribution in [3.8, 4) is 11.5 Å². The molecule has 0 unspecified atom stereocenters. The highest BCUT2D eigenvalue weighted by Gasteiger charge is 2.20. The number of ether oxygens (including phenoxy) is 1. The molecule has 2 nitrogen and oxygen atoms in total. The zero-order valence-electron chi connectivity index (χ0n) is 11.2. The molecule has 0 spiro atoms. The fourth-order valence-corrected chi connectivity index (χ4v) is 3.23. The van der Waals surface area contributed by atoms with E-state index in [1.54, 1.807) is 0 Å². The van der Waals surface area contributed by atoms with Crippen LogP contribution in [0.4, 0.5) is 0 Å². The lowest BCUT2D eigenvalue weighted by molar-refractivity contribution is 0.476. The Morgan fingerprint density at radius 2 is 1.71 bits per heavy atom. The molecule has 0 saturated heterocycles. The third-order valence-corrected chi connectivity index (χ3v) is 4.76. The van der Waals surface area contributed by atoms with Gasteiger partial charge in [0.1, 0.15) is 11.5 Å². The predicted molar refractivity (Wildman–Crippen MR) is 93.2 cm³/mol. The van der Waals surface area contributed by atoms with Gasteiger partial charge < -0.3 is 10.1 Å². The highest BCUT2D eigenvalue weighted by atomic mass is 79.9. The molecule has 0 heterocycles. The first kappa shape index (κ1) is 15.3. The van der Waals surface area contributed by atoms with Crippen LogP contribution in [0.15, 0.2) is 45.3 Å². The van der Waals surface area contributed by atoms with E-state index in [4.69, 9.17) is 16.3 Å². The van der Waals surface area contributed by atoms with Crippen molar-refractivity contribution >= 4 is 43.5 Å². The molecule has 0 atom stereocenters. The molecule has 1 fully saturated rings. The van der Waals surface area contributed by atoms with Gasteiger partial charge in [-0.15, -0.1) is 0 Å². The highest BCUT2D eigenvalue weighted by molar-refractivity contribution is 9.11. The maximum Gasteiger partial charge on any atom is 0.141 e. The monoisotopic (exact) mass is 429 g/mol. The molecule has 3 rings (SSSR count). The first-order chi connectivity index (χ1) is 10.1. The SMILES string of the molecule is Clc1ccc(Oc2ccc(CNC3CC3)cc2Br)c(Br)c1. The fraction of sp³-hybridized carbons (Fsp3) is 0.250. The van der Waals surface area contributed by atoms with Gasteiger partial charge in [0.05, 0.1) is 8.95 Å². The van der Waals surface area contributed by atoms with Gasteiger partial charge in [-0.3, -0.25) is 0 Å². The lowest BCUT2D eigenvalue weighted by Crippen LogP contribution is -2.15. The molecule has 0 bridgehead atoms. The average molecular weight is 432 g/mol. The van der Waals surface area contributed by atoms with Crippen LogP contribution in [0.3, 0.4) is 0 Å². The summed E-state index contributed by atoms with van der Waals surface area (Å²) in [7, 11) is 0. The summed E-state index contributed by atoms with van der Waals surface area (Å²) < 4.78 is 7.69. The third-order valence-electron chi connectivity index (χ3n) is 3.28. The van der Waals surface area contributed by atoms with Gasteiger partial charge in [0.15, 0.2) is 0 Å². The second-order valence-electron chi connectivity index (χ2n) is 5.10. The maximum atomic E-state index is 5.94. The van der Waals surface area contributed by atoms with Gasteiger partial charge in [0, 0.05) is 17.6 Å². The van der Waals surface area contributed by atoms with E-state index in [9.17, 15) is 0 Å². The Morgan fingerprint density at radius 1 is 1.05 bits per heavy atom. The number of nitrogens with one attached hydrogen (secondary N) is 1. The molecular formula is C16H14Br2ClNO. The number of halogens is 3. The Hall–Kier alpha value is -0.550. The van der Waals surface area contributed by atoms with Gasteiger partial charge >= 0.3 is 0 Å². The lowest BCUT2D eigenvalue weighted by atomic mass is 10.2. The summed E-state index contributed by atoms with van der Waals surface area (Å²) in [5, 5.41) is 4.18. The molecule has 21 heavy (non-hydrogen) atoms. The van der Waals surface area contributed by atoms with Gasteiger partial charge in [0.2, 0.25) is 0 Å². The van der Waals surface area contributed by atoms with Crippen LogP contribution in [0.5, 0.6) is 11.5 Å². The maximum absolute atomic E-state index is 5.94. The molecule has 2 aromatic carbocycles. The van der Waals surface area contributed by atoms with Crippen molar-refractivity contribution in [2.75, 3.05) is 0 Å². The van der Waals surface area contributed by atoms with Crippen LogP contribution in [0.1, 0.15) is 18.4 Å². The van der Waals surface area contributed by atoms with Crippen molar-refractivity contribution in [3.05, 3.63) is 55.9 Å². The molecule has 1 aliphatic carbocycles. The topological polar surface area (TPSA) is 21.3 Å². The Morgan fingerprint density at radius 3 is 2.33 bits per heavy atom. The van der Waals surface area contributed by atoms with Gasteiger partial charge in [-0.1, -0.05) is 17.7 Å². The summed E-state index contributed by atoms with van der Waals surface area (Å²) in [6.07, 6.45) is 2.60. The molecule has 0 aromatic heterocycles. The number of hydrogen-bond donors (Lipinski definition) is 1. The standard InChI is InChI=1S/C16H14Br2ClNO/c17-13-7-10(9-20-12-3-4-12)1-5-15(13)21-16-6-2-11(19)8-14(16)18/h1-2,5-8,12,20H,3-4,9H2. The summed E-state index contributed by atoms with van der Waals surface area (Å²) in [4.78, 5) is 0. The summed E-state index contributed by atoms with van der Waals surface area (Å²) in [5.41, 5.74) is 1.25. The van der Waals surface area contributed by atoms with Crippen LogP contribution in [-0.4, -0.2) is 6.04 Å². The molecule has 1 N–H and O–H groups in total. The van der Waals surface area contributed by atoms with E-state index in [1.165, 1.54) is 18.4 Å². The normalized spacial score (nSPS) is 14.2. The van der Waals surface area contributed by atoms with Crippen molar-refractivity contribution in [1.29, 1.82) is 0 Å². The van der Waals surface area contributed by atoms with Crippen molar-refractivity contribution in [2.45, 2.75) is 25.4 Å². The number of hydrogen-bond acceptors (Lipinski definition) is 2. The van der Waals surface area contributed by atoms with Gasteiger partial charge in [-0.2, -0.15) is 0 Å². The minimum atomic E-state index is 0.676. The van der Waals surface area contributed by atoms with Gasteiger partial charge in [-0.05, 0) is 80.6 Å². The highest BCUT2D eigenvalue weighted by Crippen LogP contribution is 2.35. The average Bonchev–Trinajstić information content (AvgIpc) is 3.26. The van der Waals surface area contributed by atoms with Crippen molar-refractivity contribution in [2.24, 2.45) is 0 Å². The molecule has 0 radical (unpaired) electrons. The molecule has 1 saturated carbocycles. The fourth-order valence-electron chi connectivity index (χ4n) is 1.96. The predicted octanol–water partition coefficient (Wildman–Crippen LogP) is 5.91. The van der Waals surface area contributed by atoms with Crippen LogP contribution < -0.4 is 10.1 Å². The molecule has 0 aliphatic heterocycles. The van der Waals surface area contributed by atoms with Crippen LogP contribution in [-0.2, 0) is 6.54 Å². The summed E-state index contributed by atoms with van der Waals surface area (Å²) >= 11 is 13.0. The number of benzene rings is 2. The van der Waals surface area contributed by atoms with Crippen LogP contribution in [0, 0.1) is 0 Å². The largest absolute Gasteiger partial charge is 0.455 e. The number of rotatable bonds is 5. The molecular weight excluding hydrogens is 417 g/mol. The first-order valence-electron chi connectivity index (χ1n) is 6.76. The molecule has 110 valence electrons. The molecule has 2 aromatic rings. The summed E-state index contributed by atoms with van der Waals surface area (Å²) in [6.45, 7) is 0.897. The van der Waals surface area contributed by atoms with E-state index in [2.05, 4.69) is 49.3 Å². The summed E-state index contributed by atoms with van der Waals surface area (Å²) in [6, 6.07) is 12.3. The second kappa shape index (κ2) is 6.69. The van der Waals surface area contributed by atoms with Gasteiger partial charge in [0.25, 0.3) is 0 Å². The summed E-state index contributed by atoms with van der Waals surface area (Å²) in [5.74, 6) is 1.53. The van der Waals surface area contributed by atoms with Gasteiger partial charge in [-0.25, -0.2) is 0 Å². The van der Waals surface area contributed by atoms with E-state index in [0.29, 0.717) is 11.1 Å². The minimum Gasteiger partial charge on any atom is -0.455 e. The Balaban J connectivity index is 1.72.